The molecule has 0 bridgehead atoms. The summed E-state index contributed by atoms with van der Waals surface area (Å²) in [5, 5.41) is 7.10. The van der Waals surface area contributed by atoms with Gasteiger partial charge in [0.25, 0.3) is 0 Å². The molecule has 0 atom stereocenters. The number of nitrogens with one attached hydrogen (secondary N) is 2. The van der Waals surface area contributed by atoms with E-state index in [0.717, 1.165) is 24.2 Å². The van der Waals surface area contributed by atoms with E-state index >= 15 is 0 Å². The van der Waals surface area contributed by atoms with Gasteiger partial charge in [-0.15, -0.1) is 0 Å². The van der Waals surface area contributed by atoms with Crippen molar-refractivity contribution in [1.82, 2.24) is 0 Å². The van der Waals surface area contributed by atoms with E-state index in [-0.39, 0.29) is 0 Å². The Balaban J connectivity index is 1.29. The van der Waals surface area contributed by atoms with E-state index in [0.29, 0.717) is 0 Å². The number of allylic oxidation sites excluding steroid dienone is 4. The lowest BCUT2D eigenvalue weighted by atomic mass is 9.86. The summed E-state index contributed by atoms with van der Waals surface area (Å²) in [4.78, 5) is 0. The summed E-state index contributed by atoms with van der Waals surface area (Å²) >= 11 is 0. The molecule has 2 heteroatoms. The average molecular weight is 364 g/mol. The molecule has 0 aliphatic heterocycles. The van der Waals surface area contributed by atoms with Gasteiger partial charge in [-0.25, -0.2) is 0 Å². The van der Waals surface area contributed by atoms with Gasteiger partial charge in [-0.2, -0.15) is 0 Å². The van der Waals surface area contributed by atoms with Crippen LogP contribution in [0.25, 0.3) is 11.1 Å². The third-order valence-corrected chi connectivity index (χ3v) is 5.60. The maximum Gasteiger partial charge on any atom is 0.0388 e. The molecule has 0 heterocycles. The fourth-order valence-electron chi connectivity index (χ4n) is 3.89. The van der Waals surface area contributed by atoms with Crippen LogP contribution in [-0.2, 0) is 12.8 Å². The molecule has 0 radical (unpaired) electrons. The summed E-state index contributed by atoms with van der Waals surface area (Å²) in [6, 6.07) is 26.0. The number of hydrogen-bond acceptors (Lipinski definition) is 2. The van der Waals surface area contributed by atoms with E-state index < -0.39 is 0 Å². The Kier molecular flexibility index (Phi) is 4.46. The van der Waals surface area contributed by atoms with Crippen molar-refractivity contribution in [3.05, 3.63) is 107 Å². The number of aryl methyl sites for hydroxylation is 2. The van der Waals surface area contributed by atoms with Crippen molar-refractivity contribution >= 4 is 11.4 Å². The van der Waals surface area contributed by atoms with Gasteiger partial charge in [0.2, 0.25) is 0 Å². The van der Waals surface area contributed by atoms with Crippen molar-refractivity contribution in [2.75, 3.05) is 10.6 Å². The van der Waals surface area contributed by atoms with Crippen molar-refractivity contribution in [3.8, 4) is 11.1 Å². The first-order valence-corrected chi connectivity index (χ1v) is 10.0. The Hall–Kier alpha value is -3.26. The molecule has 0 amide bonds. The molecule has 0 aromatic heterocycles. The van der Waals surface area contributed by atoms with Gasteiger partial charge < -0.3 is 10.6 Å². The minimum atomic E-state index is 1.01. The van der Waals surface area contributed by atoms with Gasteiger partial charge in [0.1, 0.15) is 0 Å². The molecule has 5 rings (SSSR count). The summed E-state index contributed by atoms with van der Waals surface area (Å²) < 4.78 is 0. The summed E-state index contributed by atoms with van der Waals surface area (Å²) in [5.41, 5.74) is 10.4. The van der Waals surface area contributed by atoms with Crippen LogP contribution in [0, 0.1) is 0 Å². The number of fused-ring (bicyclic) bond motifs is 1. The van der Waals surface area contributed by atoms with Crippen LogP contribution in [0.3, 0.4) is 0 Å². The largest absolute Gasteiger partial charge is 0.359 e. The zero-order valence-electron chi connectivity index (χ0n) is 15.9. The summed E-state index contributed by atoms with van der Waals surface area (Å²) in [5.74, 6) is 0. The van der Waals surface area contributed by atoms with Gasteiger partial charge >= 0.3 is 0 Å². The number of para-hydroxylation sites is 1. The fraction of sp³-hybridized carbons (Fsp3) is 0.154. The van der Waals surface area contributed by atoms with Crippen molar-refractivity contribution in [3.63, 3.8) is 0 Å². The molecule has 28 heavy (non-hydrogen) atoms. The second-order valence-electron chi connectivity index (χ2n) is 7.56. The smallest absolute Gasteiger partial charge is 0.0388 e. The van der Waals surface area contributed by atoms with Gasteiger partial charge in [-0.1, -0.05) is 48.5 Å². The van der Waals surface area contributed by atoms with E-state index in [1.165, 1.54) is 46.5 Å². The summed E-state index contributed by atoms with van der Waals surface area (Å²) in [7, 11) is 0. The number of benzene rings is 3. The molecule has 0 spiro atoms. The van der Waals surface area contributed by atoms with Crippen molar-refractivity contribution in [2.24, 2.45) is 0 Å². The fourth-order valence-corrected chi connectivity index (χ4v) is 3.89. The maximum absolute atomic E-state index is 3.60. The minimum Gasteiger partial charge on any atom is -0.359 e. The predicted octanol–water partition coefficient (Wildman–Crippen LogP) is 6.54. The van der Waals surface area contributed by atoms with Crippen LogP contribution in [0.5, 0.6) is 0 Å². The van der Waals surface area contributed by atoms with E-state index in [1.54, 1.807) is 0 Å². The molecule has 0 fully saturated rings. The van der Waals surface area contributed by atoms with Gasteiger partial charge in [-0.3, -0.25) is 0 Å². The normalized spacial score (nSPS) is 15.0. The lowest BCUT2D eigenvalue weighted by Gasteiger charge is -2.20. The zero-order valence-corrected chi connectivity index (χ0v) is 15.9. The third kappa shape index (κ3) is 3.59. The monoisotopic (exact) mass is 364 g/mol. The first-order chi connectivity index (χ1) is 13.8. The molecule has 2 N–H and O–H groups in total. The molecule has 2 aliphatic carbocycles. The van der Waals surface area contributed by atoms with Crippen LogP contribution < -0.4 is 10.6 Å². The topological polar surface area (TPSA) is 24.1 Å². The Labute approximate surface area is 166 Å². The quantitative estimate of drug-likeness (QED) is 0.537. The zero-order chi connectivity index (χ0) is 18.8. The Morgan fingerprint density at radius 3 is 1.86 bits per heavy atom. The van der Waals surface area contributed by atoms with Crippen molar-refractivity contribution in [2.45, 2.75) is 25.7 Å². The van der Waals surface area contributed by atoms with Gasteiger partial charge in [0.15, 0.2) is 0 Å². The van der Waals surface area contributed by atoms with Gasteiger partial charge in [0.05, 0.1) is 0 Å². The maximum atomic E-state index is 3.60. The molecule has 3 aromatic rings. The van der Waals surface area contributed by atoms with Crippen LogP contribution in [0.4, 0.5) is 11.4 Å². The van der Waals surface area contributed by atoms with E-state index in [4.69, 9.17) is 0 Å². The SMILES string of the molecule is C1=C(Nc2ccccc2)CCC(Nc2cccc(-c3ccc4c(c3)CC4)c2)=C1. The molecular formula is C26H24N2. The van der Waals surface area contributed by atoms with Crippen molar-refractivity contribution in [1.29, 1.82) is 0 Å². The van der Waals surface area contributed by atoms with Crippen molar-refractivity contribution < 1.29 is 0 Å². The third-order valence-electron chi connectivity index (χ3n) is 5.60. The molecular weight excluding hydrogens is 340 g/mol. The second-order valence-corrected chi connectivity index (χ2v) is 7.56. The first-order valence-electron chi connectivity index (χ1n) is 10.0. The van der Waals surface area contributed by atoms with Crippen LogP contribution in [0.15, 0.2) is 96.3 Å². The number of hydrogen-bond donors (Lipinski definition) is 2. The minimum absolute atomic E-state index is 1.01. The second kappa shape index (κ2) is 7.40. The molecule has 2 aliphatic rings. The van der Waals surface area contributed by atoms with E-state index in [2.05, 4.69) is 89.5 Å². The molecule has 2 nitrogen and oxygen atoms in total. The van der Waals surface area contributed by atoms with Gasteiger partial charge in [0, 0.05) is 22.8 Å². The first kappa shape index (κ1) is 16.9. The summed E-state index contributed by atoms with van der Waals surface area (Å²) in [6.45, 7) is 0. The standard InChI is InChI=1S/C26H24N2/c1-2-6-23(7-3-1)27-24-13-15-25(16-14-24)28-26-8-4-5-20(18-26)22-12-10-19-9-11-21(19)17-22/h1-8,10,12-13,15,17-18,27-28H,9,11,14,16H2. The Bertz CT molecular complexity index is 1060. The molecule has 138 valence electrons. The Morgan fingerprint density at radius 2 is 1.18 bits per heavy atom. The predicted molar refractivity (Wildman–Crippen MR) is 118 cm³/mol. The van der Waals surface area contributed by atoms with E-state index in [1.807, 2.05) is 6.07 Å². The molecule has 3 aromatic carbocycles. The Morgan fingerprint density at radius 1 is 0.500 bits per heavy atom. The highest BCUT2D eigenvalue weighted by molar-refractivity contribution is 5.70. The van der Waals surface area contributed by atoms with Crippen LogP contribution in [-0.4, -0.2) is 0 Å². The lowest BCUT2D eigenvalue weighted by molar-refractivity contribution is 0.840. The highest BCUT2D eigenvalue weighted by Gasteiger charge is 2.13. The summed E-state index contributed by atoms with van der Waals surface area (Å²) in [6.07, 6.45) is 8.85. The molecule has 0 saturated carbocycles. The highest BCUT2D eigenvalue weighted by Crippen LogP contribution is 2.30. The molecule has 0 saturated heterocycles. The van der Waals surface area contributed by atoms with Crippen LogP contribution >= 0.6 is 0 Å². The van der Waals surface area contributed by atoms with Gasteiger partial charge in [-0.05, 0) is 84.4 Å². The molecule has 0 unspecified atom stereocenters. The van der Waals surface area contributed by atoms with E-state index in [9.17, 15) is 0 Å². The number of anilines is 2. The lowest BCUT2D eigenvalue weighted by Crippen LogP contribution is -2.08. The van der Waals surface area contributed by atoms with Crippen LogP contribution in [0.2, 0.25) is 0 Å². The highest BCUT2D eigenvalue weighted by atomic mass is 14.9. The number of rotatable bonds is 5. The average Bonchev–Trinajstić information content (AvgIpc) is 2.71. The van der Waals surface area contributed by atoms with Crippen LogP contribution in [0.1, 0.15) is 24.0 Å².